The summed E-state index contributed by atoms with van der Waals surface area (Å²) in [7, 11) is 0. The maximum atomic E-state index is 13.3. The normalized spacial score (nSPS) is 13.2. The molecule has 1 heterocycles. The lowest BCUT2D eigenvalue weighted by atomic mass is 9.99. The molecule has 3 rings (SSSR count). The van der Waals surface area contributed by atoms with Crippen LogP contribution in [0, 0.1) is 18.7 Å². The summed E-state index contributed by atoms with van der Waals surface area (Å²) in [6.07, 6.45) is -0.0961. The number of carbonyl (C=O) groups excluding carboxylic acids is 2. The van der Waals surface area contributed by atoms with Gasteiger partial charge in [0.1, 0.15) is 34.6 Å². The van der Waals surface area contributed by atoms with Crippen molar-refractivity contribution in [1.82, 2.24) is 5.32 Å². The molecule has 35 heavy (non-hydrogen) atoms. The second-order valence-corrected chi connectivity index (χ2v) is 9.46. The summed E-state index contributed by atoms with van der Waals surface area (Å²) >= 11 is 0. The third-order valence-corrected chi connectivity index (χ3v) is 5.53. The summed E-state index contributed by atoms with van der Waals surface area (Å²) < 4.78 is 30.0. The number of fused-ring (bicyclic) bond motifs is 1. The number of rotatable bonds is 6. The molecule has 1 amide bonds. The second kappa shape index (κ2) is 10.3. The fourth-order valence-corrected chi connectivity index (χ4v) is 3.58. The molecule has 7 nitrogen and oxygen atoms in total. The summed E-state index contributed by atoms with van der Waals surface area (Å²) in [5.41, 5.74) is 0.121. The molecule has 0 radical (unpaired) electrons. The first kappa shape index (κ1) is 25.9. The Bertz CT molecular complexity index is 1290. The van der Waals surface area contributed by atoms with Gasteiger partial charge < -0.3 is 19.2 Å². The molecule has 8 heteroatoms. The van der Waals surface area contributed by atoms with Gasteiger partial charge in [-0.3, -0.25) is 4.79 Å². The molecule has 3 aromatic rings. The zero-order chi connectivity index (χ0) is 25.9. The molecule has 2 atom stereocenters. The van der Waals surface area contributed by atoms with Crippen molar-refractivity contribution in [3.8, 4) is 16.9 Å². The Labute approximate surface area is 203 Å². The number of nitrogens with one attached hydrogen (secondary N) is 1. The molecule has 0 saturated carbocycles. The van der Waals surface area contributed by atoms with Crippen molar-refractivity contribution in [3.05, 3.63) is 64.3 Å². The van der Waals surface area contributed by atoms with E-state index in [0.29, 0.717) is 28.7 Å². The van der Waals surface area contributed by atoms with E-state index in [2.05, 4.69) is 5.32 Å². The van der Waals surface area contributed by atoms with Gasteiger partial charge in [-0.1, -0.05) is 32.4 Å². The van der Waals surface area contributed by atoms with Gasteiger partial charge >= 0.3 is 12.1 Å². The fourth-order valence-electron chi connectivity index (χ4n) is 3.58. The van der Waals surface area contributed by atoms with E-state index in [1.165, 1.54) is 42.5 Å². The molecule has 0 aliphatic carbocycles. The summed E-state index contributed by atoms with van der Waals surface area (Å²) in [5, 5.41) is 2.89. The van der Waals surface area contributed by atoms with Crippen molar-refractivity contribution in [2.24, 2.45) is 5.92 Å². The van der Waals surface area contributed by atoms with Gasteiger partial charge in [-0.15, -0.1) is 0 Å². The molecule has 0 fully saturated rings. The Kier molecular flexibility index (Phi) is 7.63. The minimum absolute atomic E-state index is 0.166. The number of ether oxygens (including phenoxy) is 2. The minimum Gasteiger partial charge on any atom is -0.460 e. The zero-order valence-electron chi connectivity index (χ0n) is 20.7. The van der Waals surface area contributed by atoms with E-state index >= 15 is 0 Å². The third kappa shape index (κ3) is 6.26. The highest BCUT2D eigenvalue weighted by molar-refractivity contribution is 5.86. The van der Waals surface area contributed by atoms with Crippen LogP contribution in [0.1, 0.15) is 46.8 Å². The van der Waals surface area contributed by atoms with Gasteiger partial charge in [0.25, 0.3) is 0 Å². The summed E-state index contributed by atoms with van der Waals surface area (Å²) in [5.74, 6) is -0.763. The number of esters is 1. The summed E-state index contributed by atoms with van der Waals surface area (Å²) in [6, 6.07) is 9.11. The van der Waals surface area contributed by atoms with Gasteiger partial charge in [0.15, 0.2) is 0 Å². The first-order valence-corrected chi connectivity index (χ1v) is 11.4. The predicted molar refractivity (Wildman–Crippen MR) is 131 cm³/mol. The van der Waals surface area contributed by atoms with Crippen LogP contribution in [0.25, 0.3) is 22.1 Å². The lowest BCUT2D eigenvalue weighted by molar-refractivity contribution is -0.138. The van der Waals surface area contributed by atoms with Crippen molar-refractivity contribution in [1.29, 1.82) is 0 Å². The highest BCUT2D eigenvalue weighted by Gasteiger charge is 2.30. The molecule has 0 saturated heterocycles. The Balaban J connectivity index is 1.88. The fraction of sp³-hybridized carbons (Fsp3) is 0.370. The highest BCUT2D eigenvalue weighted by atomic mass is 19.1. The molecule has 1 aromatic heterocycles. The van der Waals surface area contributed by atoms with Crippen LogP contribution < -0.4 is 15.5 Å². The van der Waals surface area contributed by atoms with Crippen molar-refractivity contribution in [2.45, 2.75) is 59.6 Å². The molecule has 0 aliphatic rings. The van der Waals surface area contributed by atoms with Gasteiger partial charge in [-0.05, 0) is 63.4 Å². The van der Waals surface area contributed by atoms with Crippen LogP contribution in [0.15, 0.2) is 51.7 Å². The van der Waals surface area contributed by atoms with Crippen LogP contribution >= 0.6 is 0 Å². The highest BCUT2D eigenvalue weighted by Crippen LogP contribution is 2.27. The van der Waals surface area contributed by atoms with Crippen molar-refractivity contribution < 1.29 is 27.9 Å². The van der Waals surface area contributed by atoms with Gasteiger partial charge in [-0.25, -0.2) is 14.0 Å². The Morgan fingerprint density at radius 1 is 1.11 bits per heavy atom. The van der Waals surface area contributed by atoms with Crippen LogP contribution in [-0.2, 0) is 9.53 Å². The van der Waals surface area contributed by atoms with Crippen LogP contribution in [0.4, 0.5) is 9.18 Å². The van der Waals surface area contributed by atoms with E-state index in [-0.39, 0.29) is 22.7 Å². The van der Waals surface area contributed by atoms with Crippen LogP contribution in [-0.4, -0.2) is 23.7 Å². The molecule has 0 bridgehead atoms. The second-order valence-electron chi connectivity index (χ2n) is 9.46. The number of alkyl carbamates (subject to hydrolysis) is 1. The molecule has 0 aliphatic heterocycles. The maximum absolute atomic E-state index is 13.3. The Morgan fingerprint density at radius 2 is 1.77 bits per heavy atom. The number of aryl methyl sites for hydroxylation is 1. The maximum Gasteiger partial charge on any atom is 0.408 e. The van der Waals surface area contributed by atoms with Crippen LogP contribution in [0.3, 0.4) is 0 Å². The molecule has 1 N–H and O–H groups in total. The summed E-state index contributed by atoms with van der Waals surface area (Å²) in [6.45, 7) is 10.6. The lowest BCUT2D eigenvalue weighted by Gasteiger charge is -2.25. The quantitative estimate of drug-likeness (QED) is 0.354. The largest absolute Gasteiger partial charge is 0.460 e. The molecule has 186 valence electrons. The Hall–Kier alpha value is -3.68. The number of hydrogen-bond acceptors (Lipinski definition) is 6. The first-order valence-electron chi connectivity index (χ1n) is 11.4. The SMILES string of the molecule is CCC(C)[C@@H](NC(=O)OC(C)(C)C)C(=O)Oc1ccc2c(=O)c(-c3ccc(F)cc3)c(C)oc2c1. The van der Waals surface area contributed by atoms with Gasteiger partial charge in [-0.2, -0.15) is 0 Å². The first-order chi connectivity index (χ1) is 16.4. The molecule has 1 unspecified atom stereocenters. The van der Waals surface area contributed by atoms with Crippen molar-refractivity contribution in [3.63, 3.8) is 0 Å². The minimum atomic E-state index is -0.930. The molecule has 0 spiro atoms. The van der Waals surface area contributed by atoms with Crippen molar-refractivity contribution in [2.75, 3.05) is 0 Å². The lowest BCUT2D eigenvalue weighted by Crippen LogP contribution is -2.48. The number of benzene rings is 2. The zero-order valence-corrected chi connectivity index (χ0v) is 20.7. The van der Waals surface area contributed by atoms with Gasteiger partial charge in [0.2, 0.25) is 5.43 Å². The van der Waals surface area contributed by atoms with Crippen molar-refractivity contribution >= 4 is 23.0 Å². The van der Waals surface area contributed by atoms with E-state index in [9.17, 15) is 18.8 Å². The average molecular weight is 484 g/mol. The van der Waals surface area contributed by atoms with E-state index in [1.54, 1.807) is 27.7 Å². The standard InChI is InChI=1S/C27H30FNO6/c1-7-15(2)23(29-26(32)35-27(4,5)6)25(31)34-19-12-13-20-21(14-19)33-16(3)22(24(20)30)17-8-10-18(28)11-9-17/h8-15,23H,7H2,1-6H3,(H,29,32)/t15?,23-/m1/s1. The number of carbonyl (C=O) groups is 2. The molecular weight excluding hydrogens is 453 g/mol. The van der Waals surface area contributed by atoms with Gasteiger partial charge in [0, 0.05) is 6.07 Å². The topological polar surface area (TPSA) is 94.8 Å². The number of halogens is 1. The van der Waals surface area contributed by atoms with E-state index in [4.69, 9.17) is 13.9 Å². The number of hydrogen-bond donors (Lipinski definition) is 1. The van der Waals surface area contributed by atoms with Gasteiger partial charge in [0.05, 0.1) is 10.9 Å². The van der Waals surface area contributed by atoms with Crippen LogP contribution in [0.2, 0.25) is 0 Å². The van der Waals surface area contributed by atoms with E-state index < -0.39 is 29.5 Å². The third-order valence-electron chi connectivity index (χ3n) is 5.53. The van der Waals surface area contributed by atoms with Crippen LogP contribution in [0.5, 0.6) is 5.75 Å². The monoisotopic (exact) mass is 483 g/mol. The number of amides is 1. The molecule has 2 aromatic carbocycles. The Morgan fingerprint density at radius 3 is 2.37 bits per heavy atom. The van der Waals surface area contributed by atoms with E-state index in [0.717, 1.165) is 0 Å². The van der Waals surface area contributed by atoms with E-state index in [1.807, 2.05) is 13.8 Å². The smallest absolute Gasteiger partial charge is 0.408 e. The predicted octanol–water partition coefficient (Wildman–Crippen LogP) is 5.75. The summed E-state index contributed by atoms with van der Waals surface area (Å²) in [4.78, 5) is 38.3. The molecular formula is C27H30FNO6. The average Bonchev–Trinajstić information content (AvgIpc) is 2.76.